The van der Waals surface area contributed by atoms with Gasteiger partial charge in [-0.05, 0) is 49.2 Å². The molecule has 0 spiro atoms. The van der Waals surface area contributed by atoms with Gasteiger partial charge in [-0.15, -0.1) is 0 Å². The van der Waals surface area contributed by atoms with E-state index in [1.807, 2.05) is 30.3 Å². The van der Waals surface area contributed by atoms with Gasteiger partial charge in [0.1, 0.15) is 5.92 Å². The number of nitrogens with one attached hydrogen (secondary N) is 4. The van der Waals surface area contributed by atoms with Crippen LogP contribution in [0.3, 0.4) is 0 Å². The number of alkyl halides is 3. The van der Waals surface area contributed by atoms with Crippen LogP contribution >= 0.6 is 0 Å². The van der Waals surface area contributed by atoms with Gasteiger partial charge < -0.3 is 21.3 Å². The van der Waals surface area contributed by atoms with Crippen LogP contribution in [0, 0.1) is 11.3 Å². The van der Waals surface area contributed by atoms with Gasteiger partial charge in [-0.2, -0.15) is 13.2 Å². The van der Waals surface area contributed by atoms with Gasteiger partial charge >= 0.3 is 6.18 Å². The number of amides is 4. The number of carbonyl (C=O) groups excluding carboxylic acids is 4. The van der Waals surface area contributed by atoms with Gasteiger partial charge in [0.05, 0.1) is 27.9 Å². The number of benzene rings is 3. The van der Waals surface area contributed by atoms with Crippen molar-refractivity contribution in [1.82, 2.24) is 10.6 Å². The molecule has 4 rings (SSSR count). The number of hydrogen-bond donors (Lipinski definition) is 4. The Labute approximate surface area is 228 Å². The Morgan fingerprint density at radius 3 is 2.12 bits per heavy atom. The van der Waals surface area contributed by atoms with Crippen LogP contribution in [0.15, 0.2) is 72.8 Å². The maximum atomic E-state index is 13.3. The summed E-state index contributed by atoms with van der Waals surface area (Å²) in [6, 6.07) is 18.1. The van der Waals surface area contributed by atoms with Gasteiger partial charge in [0.2, 0.25) is 17.7 Å². The maximum Gasteiger partial charge on any atom is 0.416 e. The van der Waals surface area contributed by atoms with E-state index in [0.717, 1.165) is 17.7 Å². The highest BCUT2D eigenvalue weighted by Crippen LogP contribution is 2.36. The molecule has 0 radical (unpaired) electrons. The highest BCUT2D eigenvalue weighted by molar-refractivity contribution is 6.20. The first-order chi connectivity index (χ1) is 18.9. The third-order valence-electron chi connectivity index (χ3n) is 6.65. The van der Waals surface area contributed by atoms with Crippen molar-refractivity contribution in [2.75, 3.05) is 10.6 Å². The number of halogens is 3. The zero-order valence-corrected chi connectivity index (χ0v) is 21.7. The molecule has 0 bridgehead atoms. The molecule has 1 heterocycles. The lowest BCUT2D eigenvalue weighted by atomic mass is 9.76. The van der Waals surface area contributed by atoms with Crippen LogP contribution in [0.4, 0.5) is 24.5 Å². The Kier molecular flexibility index (Phi) is 7.94. The van der Waals surface area contributed by atoms with Crippen LogP contribution in [0.2, 0.25) is 0 Å². The van der Waals surface area contributed by atoms with Gasteiger partial charge in [0.25, 0.3) is 5.91 Å². The van der Waals surface area contributed by atoms with Gasteiger partial charge in [-0.1, -0.05) is 48.5 Å². The fraction of sp³-hybridized carbons (Fsp3) is 0.241. The molecule has 11 heteroatoms. The standard InChI is InChI=1S/C29H27F3N4O4/c1-28(2,27(40)34-15-17-8-4-3-5-9-17)22-25(38)35-21-13-7-12-20(23(21)36-26(22)39)24(37)33-16-18-10-6-11-19(14-18)29(30,31)32/h3-14,22H,15-16H2,1-2H3,(H,33,37)(H,34,40)(H,35,38)(H,36,39). The quantitative estimate of drug-likeness (QED) is 0.324. The molecule has 8 nitrogen and oxygen atoms in total. The Morgan fingerprint density at radius 1 is 0.800 bits per heavy atom. The molecule has 208 valence electrons. The van der Waals surface area contributed by atoms with Gasteiger partial charge in [0, 0.05) is 13.1 Å². The van der Waals surface area contributed by atoms with Crippen LogP contribution in [-0.2, 0) is 33.6 Å². The molecule has 0 saturated carbocycles. The van der Waals surface area contributed by atoms with Crippen molar-refractivity contribution in [3.8, 4) is 0 Å². The summed E-state index contributed by atoms with van der Waals surface area (Å²) in [5, 5.41) is 10.5. The number of para-hydroxylation sites is 1. The minimum atomic E-state index is -4.53. The molecule has 1 atom stereocenters. The van der Waals surface area contributed by atoms with E-state index in [2.05, 4.69) is 21.3 Å². The number of anilines is 2. The first kappa shape index (κ1) is 28.3. The summed E-state index contributed by atoms with van der Waals surface area (Å²) < 4.78 is 39.1. The van der Waals surface area contributed by atoms with Gasteiger partial charge in [-0.3, -0.25) is 19.2 Å². The highest BCUT2D eigenvalue weighted by Gasteiger charge is 2.47. The maximum absolute atomic E-state index is 13.3. The number of fused-ring (bicyclic) bond motifs is 1. The molecule has 0 aliphatic carbocycles. The highest BCUT2D eigenvalue weighted by atomic mass is 19.4. The molecule has 0 saturated heterocycles. The lowest BCUT2D eigenvalue weighted by Crippen LogP contribution is -2.50. The van der Waals surface area contributed by atoms with E-state index < -0.39 is 46.7 Å². The molecular weight excluding hydrogens is 525 g/mol. The van der Waals surface area contributed by atoms with E-state index in [-0.39, 0.29) is 35.6 Å². The molecule has 1 aliphatic heterocycles. The smallest absolute Gasteiger partial charge is 0.352 e. The Morgan fingerprint density at radius 2 is 1.43 bits per heavy atom. The zero-order chi connectivity index (χ0) is 29.1. The van der Waals surface area contributed by atoms with E-state index in [4.69, 9.17) is 0 Å². The summed E-state index contributed by atoms with van der Waals surface area (Å²) in [5.41, 5.74) is -1.08. The lowest BCUT2D eigenvalue weighted by molar-refractivity contribution is -0.144. The van der Waals surface area contributed by atoms with Crippen molar-refractivity contribution in [3.63, 3.8) is 0 Å². The first-order valence-electron chi connectivity index (χ1n) is 12.4. The van der Waals surface area contributed by atoms with E-state index in [1.165, 1.54) is 44.2 Å². The summed E-state index contributed by atoms with van der Waals surface area (Å²) in [5.74, 6) is -4.14. The second-order valence-corrected chi connectivity index (χ2v) is 9.91. The summed E-state index contributed by atoms with van der Waals surface area (Å²) >= 11 is 0. The summed E-state index contributed by atoms with van der Waals surface area (Å²) in [6.45, 7) is 2.96. The minimum absolute atomic E-state index is 0.00916. The second-order valence-electron chi connectivity index (χ2n) is 9.91. The van der Waals surface area contributed by atoms with E-state index >= 15 is 0 Å². The minimum Gasteiger partial charge on any atom is -0.352 e. The average molecular weight is 553 g/mol. The first-order valence-corrected chi connectivity index (χ1v) is 12.4. The topological polar surface area (TPSA) is 116 Å². The lowest BCUT2D eigenvalue weighted by Gasteiger charge is -2.29. The molecule has 1 aliphatic rings. The summed E-state index contributed by atoms with van der Waals surface area (Å²) in [4.78, 5) is 52.6. The molecular formula is C29H27F3N4O4. The molecule has 4 N–H and O–H groups in total. The van der Waals surface area contributed by atoms with Crippen molar-refractivity contribution in [2.24, 2.45) is 11.3 Å². The van der Waals surface area contributed by atoms with Crippen molar-refractivity contribution in [1.29, 1.82) is 0 Å². The summed E-state index contributed by atoms with van der Waals surface area (Å²) in [6.07, 6.45) is -4.53. The zero-order valence-electron chi connectivity index (χ0n) is 21.7. The Bertz CT molecular complexity index is 1460. The number of carbonyl (C=O) groups is 4. The average Bonchev–Trinajstić information content (AvgIpc) is 3.04. The van der Waals surface area contributed by atoms with E-state index in [0.29, 0.717) is 0 Å². The summed E-state index contributed by atoms with van der Waals surface area (Å²) in [7, 11) is 0. The predicted molar refractivity (Wildman–Crippen MR) is 142 cm³/mol. The Hall–Kier alpha value is -4.67. The molecule has 0 fully saturated rings. The van der Waals surface area contributed by atoms with Crippen LogP contribution in [-0.4, -0.2) is 23.6 Å². The monoisotopic (exact) mass is 552 g/mol. The Balaban J connectivity index is 1.50. The largest absolute Gasteiger partial charge is 0.416 e. The fourth-order valence-electron chi connectivity index (χ4n) is 4.43. The van der Waals surface area contributed by atoms with Crippen LogP contribution in [0.25, 0.3) is 0 Å². The van der Waals surface area contributed by atoms with Gasteiger partial charge in [-0.25, -0.2) is 0 Å². The normalized spacial score (nSPS) is 15.3. The van der Waals surface area contributed by atoms with Crippen molar-refractivity contribution < 1.29 is 32.3 Å². The number of hydrogen-bond acceptors (Lipinski definition) is 4. The van der Waals surface area contributed by atoms with Crippen LogP contribution < -0.4 is 21.3 Å². The van der Waals surface area contributed by atoms with Crippen molar-refractivity contribution in [3.05, 3.63) is 95.1 Å². The van der Waals surface area contributed by atoms with Crippen LogP contribution in [0.5, 0.6) is 0 Å². The molecule has 4 amide bonds. The molecule has 3 aromatic rings. The molecule has 0 aromatic heterocycles. The molecule has 1 unspecified atom stereocenters. The SMILES string of the molecule is CC(C)(C(=O)NCc1ccccc1)C1C(=O)Nc2cccc(C(=O)NCc3cccc(C(F)(F)F)c3)c2NC1=O. The second kappa shape index (κ2) is 11.2. The number of rotatable bonds is 7. The van der Waals surface area contributed by atoms with Crippen LogP contribution in [0.1, 0.15) is 40.9 Å². The fourth-order valence-corrected chi connectivity index (χ4v) is 4.43. The predicted octanol–water partition coefficient (Wildman–Crippen LogP) is 4.48. The van der Waals surface area contributed by atoms with E-state index in [9.17, 15) is 32.3 Å². The van der Waals surface area contributed by atoms with Crippen molar-refractivity contribution >= 4 is 35.0 Å². The van der Waals surface area contributed by atoms with Gasteiger partial charge in [0.15, 0.2) is 0 Å². The third-order valence-corrected chi connectivity index (χ3v) is 6.65. The molecule has 40 heavy (non-hydrogen) atoms. The molecule has 3 aromatic carbocycles. The van der Waals surface area contributed by atoms with Crippen molar-refractivity contribution in [2.45, 2.75) is 33.1 Å². The van der Waals surface area contributed by atoms with E-state index in [1.54, 1.807) is 0 Å². The third kappa shape index (κ3) is 6.14.